The molecule has 2 atom stereocenters. The maximum atomic E-state index is 6.59. The van der Waals surface area contributed by atoms with E-state index in [1.54, 1.807) is 31.9 Å². The van der Waals surface area contributed by atoms with Gasteiger partial charge in [0.1, 0.15) is 18.1 Å². The van der Waals surface area contributed by atoms with Gasteiger partial charge in [0.2, 0.25) is 5.95 Å². The van der Waals surface area contributed by atoms with E-state index in [0.29, 0.717) is 17.4 Å². The smallest absolute Gasteiger partial charge is 0.226 e. The molecular weight excluding hydrogens is 424 g/mol. The Labute approximate surface area is 188 Å². The SMILES string of the molecule is COc1ccc([C@@H]2C3=C(Nc4ncnn42)c2ccccc2O[C@@H]3c2cccs2)cc1OC. The monoisotopic (exact) mass is 444 g/mol. The van der Waals surface area contributed by atoms with Crippen molar-refractivity contribution in [2.75, 3.05) is 19.5 Å². The van der Waals surface area contributed by atoms with Crippen molar-refractivity contribution in [3.63, 3.8) is 0 Å². The lowest BCUT2D eigenvalue weighted by Gasteiger charge is -2.38. The molecule has 6 rings (SSSR count). The second kappa shape index (κ2) is 7.42. The van der Waals surface area contributed by atoms with Crippen LogP contribution in [-0.4, -0.2) is 29.0 Å². The van der Waals surface area contributed by atoms with Crippen LogP contribution in [0.15, 0.2) is 71.9 Å². The molecule has 8 heteroatoms. The maximum Gasteiger partial charge on any atom is 0.226 e. The fourth-order valence-electron chi connectivity index (χ4n) is 4.44. The quantitative estimate of drug-likeness (QED) is 0.482. The number of ether oxygens (including phenoxy) is 3. The van der Waals surface area contributed by atoms with Crippen molar-refractivity contribution >= 4 is 23.0 Å². The van der Waals surface area contributed by atoms with Crippen molar-refractivity contribution in [1.82, 2.24) is 14.8 Å². The molecule has 2 aliphatic rings. The number of methoxy groups -OCH3 is 2. The highest BCUT2D eigenvalue weighted by molar-refractivity contribution is 7.10. The Bertz CT molecular complexity index is 1330. The third-order valence-electron chi connectivity index (χ3n) is 5.85. The summed E-state index contributed by atoms with van der Waals surface area (Å²) in [5, 5.41) is 10.1. The van der Waals surface area contributed by atoms with Gasteiger partial charge in [-0.05, 0) is 41.3 Å². The molecule has 2 aliphatic heterocycles. The minimum absolute atomic E-state index is 0.232. The number of anilines is 1. The van der Waals surface area contributed by atoms with Crippen LogP contribution in [0.2, 0.25) is 0 Å². The van der Waals surface area contributed by atoms with Crippen LogP contribution in [0.3, 0.4) is 0 Å². The van der Waals surface area contributed by atoms with E-state index < -0.39 is 0 Å². The molecule has 7 nitrogen and oxygen atoms in total. The first-order valence-corrected chi connectivity index (χ1v) is 11.1. The highest BCUT2D eigenvalue weighted by Crippen LogP contribution is 2.51. The van der Waals surface area contributed by atoms with Gasteiger partial charge in [-0.15, -0.1) is 11.3 Å². The van der Waals surface area contributed by atoms with Gasteiger partial charge in [0.25, 0.3) is 0 Å². The predicted octanol–water partition coefficient (Wildman–Crippen LogP) is 4.92. The summed E-state index contributed by atoms with van der Waals surface area (Å²) >= 11 is 1.68. The lowest BCUT2D eigenvalue weighted by molar-refractivity contribution is 0.226. The minimum atomic E-state index is -0.261. The first-order chi connectivity index (χ1) is 15.8. The Morgan fingerprint density at radius 3 is 2.72 bits per heavy atom. The number of aromatic nitrogens is 3. The van der Waals surface area contributed by atoms with Crippen molar-refractivity contribution in [1.29, 1.82) is 0 Å². The molecule has 0 saturated heterocycles. The highest BCUT2D eigenvalue weighted by Gasteiger charge is 2.41. The van der Waals surface area contributed by atoms with Crippen LogP contribution in [0.5, 0.6) is 17.2 Å². The van der Waals surface area contributed by atoms with Crippen LogP contribution in [0.1, 0.15) is 28.1 Å². The molecular formula is C24H20N4O3S. The first-order valence-electron chi connectivity index (χ1n) is 10.2. The lowest BCUT2D eigenvalue weighted by Crippen LogP contribution is -2.32. The van der Waals surface area contributed by atoms with Crippen molar-refractivity contribution < 1.29 is 14.2 Å². The van der Waals surface area contributed by atoms with E-state index in [1.165, 1.54) is 0 Å². The fourth-order valence-corrected chi connectivity index (χ4v) is 5.21. The van der Waals surface area contributed by atoms with E-state index in [9.17, 15) is 0 Å². The van der Waals surface area contributed by atoms with Gasteiger partial charge in [-0.1, -0.05) is 24.3 Å². The van der Waals surface area contributed by atoms with Gasteiger partial charge < -0.3 is 19.5 Å². The third kappa shape index (κ3) is 2.80. The number of benzene rings is 2. The first kappa shape index (κ1) is 18.9. The number of hydrogen-bond acceptors (Lipinski definition) is 7. The Kier molecular flexibility index (Phi) is 4.39. The van der Waals surface area contributed by atoms with E-state index in [0.717, 1.165) is 33.0 Å². The van der Waals surface area contributed by atoms with Crippen LogP contribution < -0.4 is 19.5 Å². The van der Waals surface area contributed by atoms with E-state index >= 15 is 0 Å². The van der Waals surface area contributed by atoms with Crippen LogP contribution in [-0.2, 0) is 0 Å². The number of hydrogen-bond donors (Lipinski definition) is 1. The molecule has 1 N–H and O–H groups in total. The van der Waals surface area contributed by atoms with Crippen LogP contribution in [0.25, 0.3) is 5.70 Å². The van der Waals surface area contributed by atoms with Crippen LogP contribution >= 0.6 is 11.3 Å². The maximum absolute atomic E-state index is 6.59. The van der Waals surface area contributed by atoms with E-state index in [-0.39, 0.29) is 12.1 Å². The summed E-state index contributed by atoms with van der Waals surface area (Å²) in [6.45, 7) is 0. The number of para-hydroxylation sites is 1. The van der Waals surface area contributed by atoms with Crippen LogP contribution in [0.4, 0.5) is 5.95 Å². The summed E-state index contributed by atoms with van der Waals surface area (Å²) in [5.41, 5.74) is 4.10. The van der Waals surface area contributed by atoms with Gasteiger partial charge in [0.05, 0.1) is 19.9 Å². The molecule has 0 spiro atoms. The zero-order valence-electron chi connectivity index (χ0n) is 17.5. The van der Waals surface area contributed by atoms with Gasteiger partial charge >= 0.3 is 0 Å². The van der Waals surface area contributed by atoms with Crippen molar-refractivity contribution in [3.05, 3.63) is 87.9 Å². The number of thiophene rings is 1. The average molecular weight is 445 g/mol. The Morgan fingerprint density at radius 2 is 1.91 bits per heavy atom. The largest absolute Gasteiger partial charge is 0.493 e. The standard InChI is InChI=1S/C24H20N4O3S/c1-29-17-10-9-14(12-18(17)30-2)22-20-21(27-24-25-13-26-28(22)24)15-6-3-4-7-16(15)31-23(20)19-8-5-11-32-19/h3-13,22-23H,1-2H3,(H,25,26,27)/t22-,23-/m1/s1. The van der Waals surface area contributed by atoms with Gasteiger partial charge in [0, 0.05) is 16.0 Å². The van der Waals surface area contributed by atoms with Gasteiger partial charge in [-0.2, -0.15) is 10.1 Å². The van der Waals surface area contributed by atoms with Gasteiger partial charge in [-0.25, -0.2) is 4.68 Å². The Morgan fingerprint density at radius 1 is 1.03 bits per heavy atom. The number of fused-ring (bicyclic) bond motifs is 3. The molecule has 0 aliphatic carbocycles. The number of rotatable bonds is 4. The molecule has 2 aromatic heterocycles. The zero-order valence-corrected chi connectivity index (χ0v) is 18.3. The normalized spacial score (nSPS) is 18.7. The molecule has 160 valence electrons. The second-order valence-electron chi connectivity index (χ2n) is 7.51. The molecule has 4 aromatic rings. The summed E-state index contributed by atoms with van der Waals surface area (Å²) in [5.74, 6) is 2.87. The Balaban J connectivity index is 1.62. The molecule has 0 unspecified atom stereocenters. The molecule has 0 radical (unpaired) electrons. The summed E-state index contributed by atoms with van der Waals surface area (Å²) < 4.78 is 19.5. The molecule has 4 heterocycles. The van der Waals surface area contributed by atoms with E-state index in [2.05, 4.69) is 32.9 Å². The summed E-state index contributed by atoms with van der Waals surface area (Å²) in [6.07, 6.45) is 1.31. The van der Waals surface area contributed by atoms with Gasteiger partial charge in [0.15, 0.2) is 17.6 Å². The van der Waals surface area contributed by atoms with Crippen LogP contribution in [0, 0.1) is 0 Å². The Hall–Kier alpha value is -3.78. The molecule has 32 heavy (non-hydrogen) atoms. The highest BCUT2D eigenvalue weighted by atomic mass is 32.1. The molecule has 0 saturated carbocycles. The fraction of sp³-hybridized carbons (Fsp3) is 0.167. The molecule has 0 fully saturated rings. The average Bonchev–Trinajstić information content (AvgIpc) is 3.54. The van der Waals surface area contributed by atoms with E-state index in [1.807, 2.05) is 47.1 Å². The molecule has 2 aromatic carbocycles. The minimum Gasteiger partial charge on any atom is -0.493 e. The second-order valence-corrected chi connectivity index (χ2v) is 8.49. The van der Waals surface area contributed by atoms with Crippen molar-refractivity contribution in [3.8, 4) is 17.2 Å². The summed E-state index contributed by atoms with van der Waals surface area (Å²) in [6, 6.07) is 18.0. The topological polar surface area (TPSA) is 70.4 Å². The molecule has 0 amide bonds. The third-order valence-corrected chi connectivity index (χ3v) is 6.76. The predicted molar refractivity (Wildman–Crippen MR) is 122 cm³/mol. The van der Waals surface area contributed by atoms with Crippen molar-refractivity contribution in [2.24, 2.45) is 0 Å². The number of nitrogens with zero attached hydrogens (tertiary/aromatic N) is 3. The zero-order chi connectivity index (χ0) is 21.7. The molecule has 0 bridgehead atoms. The summed E-state index contributed by atoms with van der Waals surface area (Å²) in [7, 11) is 3.28. The van der Waals surface area contributed by atoms with Crippen molar-refractivity contribution in [2.45, 2.75) is 12.1 Å². The van der Waals surface area contributed by atoms with Gasteiger partial charge in [-0.3, -0.25) is 0 Å². The number of nitrogens with one attached hydrogen (secondary N) is 1. The summed E-state index contributed by atoms with van der Waals surface area (Å²) in [4.78, 5) is 5.60. The lowest BCUT2D eigenvalue weighted by atomic mass is 9.86. The van der Waals surface area contributed by atoms with E-state index in [4.69, 9.17) is 14.2 Å².